The van der Waals surface area contributed by atoms with E-state index in [0.29, 0.717) is 38.1 Å². The van der Waals surface area contributed by atoms with Crippen LogP contribution in [-0.2, 0) is 4.74 Å². The lowest BCUT2D eigenvalue weighted by Crippen LogP contribution is -2.56. The second-order valence-corrected chi connectivity index (χ2v) is 11.3. The Morgan fingerprint density at radius 1 is 0.795 bits per heavy atom. The number of H-pyrrole nitrogens is 1. The number of benzene rings is 3. The van der Waals surface area contributed by atoms with Crippen molar-refractivity contribution in [3.05, 3.63) is 47.5 Å². The van der Waals surface area contributed by atoms with Crippen LogP contribution in [0, 0.1) is 0 Å². The van der Waals surface area contributed by atoms with Crippen molar-refractivity contribution in [3.8, 4) is 11.5 Å². The number of ether oxygens (including phenoxy) is 1. The van der Waals surface area contributed by atoms with Gasteiger partial charge in [-0.05, 0) is 24.3 Å². The van der Waals surface area contributed by atoms with Gasteiger partial charge in [0.15, 0.2) is 6.23 Å². The van der Waals surface area contributed by atoms with Crippen molar-refractivity contribution in [2.24, 2.45) is 0 Å². The minimum Gasteiger partial charge on any atom is -0.508 e. The van der Waals surface area contributed by atoms with Crippen LogP contribution >= 0.6 is 0 Å². The monoisotopic (exact) mass is 612 g/mol. The predicted molar refractivity (Wildman–Crippen MR) is 154 cm³/mol. The van der Waals surface area contributed by atoms with Crippen molar-refractivity contribution in [2.45, 2.75) is 49.1 Å². The largest absolute Gasteiger partial charge is 0.508 e. The van der Waals surface area contributed by atoms with E-state index < -0.39 is 69.0 Å². The van der Waals surface area contributed by atoms with E-state index in [0.717, 1.165) is 5.01 Å². The first-order valence-corrected chi connectivity index (χ1v) is 14.0. The number of hydrogen-bond acceptors (Lipinski definition) is 13. The van der Waals surface area contributed by atoms with Crippen LogP contribution in [0.15, 0.2) is 36.4 Å². The molecule has 2 aliphatic heterocycles. The number of fused-ring (bicyclic) bond motifs is 10. The highest BCUT2D eigenvalue weighted by Crippen LogP contribution is 2.52. The van der Waals surface area contributed by atoms with Crippen molar-refractivity contribution in [3.63, 3.8) is 0 Å². The molecular weight excluding hydrogens is 580 g/mol. The number of nitrogens with zero attached hydrogens (tertiary/aromatic N) is 2. The standard InChI is InChI=1S/C29H32N4O11/c34-7-10(8-35)31-33-27(42)20-18-13-3-1-11(37)5-15(13)30-22(18)23-19(21(20)28(33)43)14-4-2-12(38)6-16(14)32(23)29-26(41)25(40)24(39)17(9-36)44-29/h1-6,10,17,24-31,34-43H,7-9H2/t17-,24-,25-,26-,27?,28?,29?/m1/s1. The molecule has 0 bridgehead atoms. The lowest BCUT2D eigenvalue weighted by atomic mass is 9.95. The maximum Gasteiger partial charge on any atom is 0.163 e. The number of phenolic OH excluding ortho intramolecular Hbond substituents is 2. The zero-order valence-corrected chi connectivity index (χ0v) is 23.0. The summed E-state index contributed by atoms with van der Waals surface area (Å²) in [6, 6.07) is 8.02. The molecule has 12 N–H and O–H groups in total. The second kappa shape index (κ2) is 10.5. The molecule has 7 atom stereocenters. The van der Waals surface area contributed by atoms with Crippen LogP contribution in [0.4, 0.5) is 0 Å². The van der Waals surface area contributed by atoms with Crippen LogP contribution in [0.3, 0.4) is 0 Å². The van der Waals surface area contributed by atoms with Gasteiger partial charge in [-0.25, -0.2) is 5.43 Å². The number of phenols is 2. The third-order valence-electron chi connectivity index (χ3n) is 8.77. The van der Waals surface area contributed by atoms with Crippen LogP contribution in [-0.4, -0.2) is 116 Å². The number of rotatable bonds is 6. The maximum atomic E-state index is 11.7. The molecule has 2 aromatic heterocycles. The van der Waals surface area contributed by atoms with Gasteiger partial charge in [-0.2, -0.15) is 5.01 Å². The molecule has 15 heteroatoms. The number of aliphatic hydroxyl groups is 8. The Morgan fingerprint density at radius 3 is 2.09 bits per heavy atom. The normalized spacial score (nSPS) is 27.9. The van der Waals surface area contributed by atoms with E-state index in [9.17, 15) is 51.1 Å². The zero-order valence-electron chi connectivity index (χ0n) is 23.0. The van der Waals surface area contributed by atoms with Gasteiger partial charge in [0, 0.05) is 44.8 Å². The number of aromatic nitrogens is 2. The van der Waals surface area contributed by atoms with Crippen LogP contribution in [0.2, 0.25) is 0 Å². The first-order valence-electron chi connectivity index (χ1n) is 14.0. The van der Waals surface area contributed by atoms with Crippen LogP contribution in [0.25, 0.3) is 43.6 Å². The van der Waals surface area contributed by atoms with E-state index in [1.54, 1.807) is 12.1 Å². The van der Waals surface area contributed by atoms with Crippen molar-refractivity contribution >= 4 is 43.6 Å². The Kier molecular flexibility index (Phi) is 6.96. The molecule has 1 fully saturated rings. The van der Waals surface area contributed by atoms with Gasteiger partial charge < -0.3 is 65.4 Å². The van der Waals surface area contributed by atoms with Gasteiger partial charge in [-0.1, -0.05) is 0 Å². The van der Waals surface area contributed by atoms with Gasteiger partial charge in [0.1, 0.15) is 48.4 Å². The Bertz CT molecular complexity index is 1900. The van der Waals surface area contributed by atoms with E-state index in [2.05, 4.69) is 10.4 Å². The summed E-state index contributed by atoms with van der Waals surface area (Å²) >= 11 is 0. The van der Waals surface area contributed by atoms with E-state index >= 15 is 0 Å². The third kappa shape index (κ3) is 3.97. The topological polar surface area (TPSA) is 248 Å². The minimum absolute atomic E-state index is 0.0473. The molecule has 0 amide bonds. The molecule has 2 aliphatic rings. The highest BCUT2D eigenvalue weighted by atomic mass is 16.6. The molecule has 0 aliphatic carbocycles. The minimum atomic E-state index is -1.72. The van der Waals surface area contributed by atoms with Crippen molar-refractivity contribution in [1.29, 1.82) is 0 Å². The van der Waals surface area contributed by atoms with E-state index in [1.165, 1.54) is 28.8 Å². The molecule has 7 rings (SSSR count). The summed E-state index contributed by atoms with van der Waals surface area (Å²) in [6.07, 6.45) is -10.8. The Labute approximate surface area is 247 Å². The Hall–Kier alpha value is -3.58. The predicted octanol–water partition coefficient (Wildman–Crippen LogP) is -1.03. The summed E-state index contributed by atoms with van der Waals surface area (Å²) < 4.78 is 7.46. The van der Waals surface area contributed by atoms with Crippen molar-refractivity contribution in [2.75, 3.05) is 19.8 Å². The highest BCUT2D eigenvalue weighted by molar-refractivity contribution is 6.25. The van der Waals surface area contributed by atoms with Gasteiger partial charge in [0.25, 0.3) is 0 Å². The molecule has 0 spiro atoms. The SMILES string of the molecule is OCC(CO)NN1C(O)c2c(c3c4ccc(O)cc4n(C4O[C@H](CO)[C@@H](O)[C@@H](O)[C@H]4O)c3c3[nH]c4cc(O)ccc4c23)C1O. The first kappa shape index (κ1) is 29.1. The van der Waals surface area contributed by atoms with Gasteiger partial charge in [-0.3, -0.25) is 0 Å². The molecule has 1 saturated heterocycles. The Balaban J connectivity index is 1.63. The molecule has 3 aromatic carbocycles. The summed E-state index contributed by atoms with van der Waals surface area (Å²) in [5, 5.41) is 109. The summed E-state index contributed by atoms with van der Waals surface area (Å²) in [7, 11) is 0. The quantitative estimate of drug-likeness (QED) is 0.110. The zero-order chi connectivity index (χ0) is 31.2. The average Bonchev–Trinajstić information content (AvgIpc) is 3.62. The highest BCUT2D eigenvalue weighted by Gasteiger charge is 2.47. The molecule has 0 radical (unpaired) electrons. The molecule has 5 aromatic rings. The fourth-order valence-corrected chi connectivity index (χ4v) is 6.73. The van der Waals surface area contributed by atoms with Crippen LogP contribution in [0.5, 0.6) is 11.5 Å². The van der Waals surface area contributed by atoms with E-state index in [-0.39, 0.29) is 28.1 Å². The van der Waals surface area contributed by atoms with Crippen molar-refractivity contribution < 1.29 is 55.8 Å². The molecule has 4 heterocycles. The molecule has 15 nitrogen and oxygen atoms in total. The van der Waals surface area contributed by atoms with Gasteiger partial charge in [0.05, 0.1) is 47.9 Å². The smallest absolute Gasteiger partial charge is 0.163 e. The van der Waals surface area contributed by atoms with Crippen molar-refractivity contribution in [1.82, 2.24) is 20.0 Å². The first-order chi connectivity index (χ1) is 21.1. The molecule has 3 unspecified atom stereocenters. The summed E-state index contributed by atoms with van der Waals surface area (Å²) in [6.45, 7) is -1.69. The molecule has 44 heavy (non-hydrogen) atoms. The average molecular weight is 613 g/mol. The number of hydrogen-bond donors (Lipinski definition) is 12. The number of aliphatic hydroxyl groups excluding tert-OH is 8. The van der Waals surface area contributed by atoms with E-state index in [4.69, 9.17) is 4.74 Å². The molecule has 234 valence electrons. The number of aromatic hydroxyl groups is 2. The van der Waals surface area contributed by atoms with Crippen LogP contribution in [0.1, 0.15) is 29.8 Å². The lowest BCUT2D eigenvalue weighted by Gasteiger charge is -2.41. The third-order valence-corrected chi connectivity index (χ3v) is 8.77. The molecule has 0 saturated carbocycles. The van der Waals surface area contributed by atoms with E-state index in [1.807, 2.05) is 0 Å². The number of nitrogens with one attached hydrogen (secondary N) is 2. The fourth-order valence-electron chi connectivity index (χ4n) is 6.73. The maximum absolute atomic E-state index is 11.7. The van der Waals surface area contributed by atoms with Gasteiger partial charge in [0.2, 0.25) is 0 Å². The number of hydrazine groups is 1. The second-order valence-electron chi connectivity index (χ2n) is 11.3. The summed E-state index contributed by atoms with van der Waals surface area (Å²) in [5.41, 5.74) is 4.73. The van der Waals surface area contributed by atoms with Gasteiger partial charge >= 0.3 is 0 Å². The molecular formula is C29H32N4O11. The fraction of sp³-hybridized carbons (Fsp3) is 0.379. The Morgan fingerprint density at radius 2 is 1.43 bits per heavy atom. The summed E-state index contributed by atoms with van der Waals surface area (Å²) in [4.78, 5) is 3.27. The van der Waals surface area contributed by atoms with Crippen LogP contribution < -0.4 is 5.43 Å². The van der Waals surface area contributed by atoms with Gasteiger partial charge in [-0.15, -0.1) is 0 Å². The lowest BCUT2D eigenvalue weighted by molar-refractivity contribution is -0.249. The summed E-state index contributed by atoms with van der Waals surface area (Å²) in [5.74, 6) is -0.202. The number of aromatic amines is 1.